The van der Waals surface area contributed by atoms with E-state index in [9.17, 15) is 4.79 Å². The molecule has 3 nitrogen and oxygen atoms in total. The van der Waals surface area contributed by atoms with Crippen LogP contribution in [0.25, 0.3) is 0 Å². The largest absolute Gasteiger partial charge is 0.350 e. The van der Waals surface area contributed by atoms with E-state index < -0.39 is 0 Å². The molecule has 0 bridgehead atoms. The lowest BCUT2D eigenvalue weighted by Gasteiger charge is -2.02. The molecule has 0 aromatic carbocycles. The number of nitrogens with one attached hydrogen (secondary N) is 1. The average Bonchev–Trinajstić information content (AvgIpc) is 2.18. The van der Waals surface area contributed by atoms with Crippen molar-refractivity contribution in [2.75, 3.05) is 6.54 Å². The maximum Gasteiger partial charge on any atom is 0.269 e. The highest BCUT2D eigenvalue weighted by Crippen LogP contribution is 2.05. The SMILES string of the molecule is C=CCCNC(=O)c1cccc(Br)n1. The minimum Gasteiger partial charge on any atom is -0.350 e. The molecular formula is C10H11BrN2O. The molecule has 0 aliphatic heterocycles. The number of carbonyl (C=O) groups excluding carboxylic acids is 1. The lowest BCUT2D eigenvalue weighted by atomic mass is 10.3. The van der Waals surface area contributed by atoms with E-state index in [1.165, 1.54) is 0 Å². The fourth-order valence-corrected chi connectivity index (χ4v) is 1.26. The molecule has 0 aliphatic rings. The van der Waals surface area contributed by atoms with Gasteiger partial charge in [-0.05, 0) is 34.5 Å². The topological polar surface area (TPSA) is 42.0 Å². The van der Waals surface area contributed by atoms with Crippen molar-refractivity contribution < 1.29 is 4.79 Å². The van der Waals surface area contributed by atoms with Gasteiger partial charge in [-0.25, -0.2) is 4.98 Å². The lowest BCUT2D eigenvalue weighted by Crippen LogP contribution is -2.24. The third-order valence-electron chi connectivity index (χ3n) is 1.58. The van der Waals surface area contributed by atoms with E-state index in [1.807, 2.05) is 0 Å². The van der Waals surface area contributed by atoms with E-state index in [2.05, 4.69) is 32.8 Å². The fourth-order valence-electron chi connectivity index (χ4n) is 0.913. The molecule has 1 N–H and O–H groups in total. The molecule has 74 valence electrons. The van der Waals surface area contributed by atoms with Gasteiger partial charge >= 0.3 is 0 Å². The summed E-state index contributed by atoms with van der Waals surface area (Å²) in [6.07, 6.45) is 2.52. The van der Waals surface area contributed by atoms with Gasteiger partial charge in [-0.15, -0.1) is 6.58 Å². The van der Waals surface area contributed by atoms with Crippen LogP contribution in [0.5, 0.6) is 0 Å². The number of amides is 1. The van der Waals surface area contributed by atoms with Crippen molar-refractivity contribution >= 4 is 21.8 Å². The predicted molar refractivity (Wildman–Crippen MR) is 59.1 cm³/mol. The second kappa shape index (κ2) is 5.54. The number of pyridine rings is 1. The second-order valence-electron chi connectivity index (χ2n) is 2.68. The summed E-state index contributed by atoms with van der Waals surface area (Å²) in [6, 6.07) is 5.23. The first-order valence-electron chi connectivity index (χ1n) is 4.25. The van der Waals surface area contributed by atoms with E-state index in [4.69, 9.17) is 0 Å². The minimum absolute atomic E-state index is 0.159. The zero-order valence-corrected chi connectivity index (χ0v) is 9.25. The molecule has 0 fully saturated rings. The molecule has 1 amide bonds. The summed E-state index contributed by atoms with van der Waals surface area (Å²) >= 11 is 3.20. The van der Waals surface area contributed by atoms with Crippen LogP contribution in [-0.4, -0.2) is 17.4 Å². The molecule has 0 saturated carbocycles. The zero-order valence-electron chi connectivity index (χ0n) is 7.66. The van der Waals surface area contributed by atoms with Crippen LogP contribution in [0, 0.1) is 0 Å². The smallest absolute Gasteiger partial charge is 0.269 e. The molecule has 14 heavy (non-hydrogen) atoms. The normalized spacial score (nSPS) is 9.50. The van der Waals surface area contributed by atoms with Crippen molar-refractivity contribution in [2.45, 2.75) is 6.42 Å². The van der Waals surface area contributed by atoms with Gasteiger partial charge in [-0.2, -0.15) is 0 Å². The van der Waals surface area contributed by atoms with Crippen molar-refractivity contribution in [3.05, 3.63) is 41.2 Å². The Hall–Kier alpha value is -1.16. The third kappa shape index (κ3) is 3.30. The highest BCUT2D eigenvalue weighted by molar-refractivity contribution is 9.10. The van der Waals surface area contributed by atoms with Crippen LogP contribution in [0.15, 0.2) is 35.5 Å². The van der Waals surface area contributed by atoms with Gasteiger partial charge in [0.1, 0.15) is 10.3 Å². The molecule has 0 radical (unpaired) electrons. The average molecular weight is 255 g/mol. The Morgan fingerprint density at radius 2 is 2.43 bits per heavy atom. The second-order valence-corrected chi connectivity index (χ2v) is 3.49. The molecule has 0 aliphatic carbocycles. The molecule has 0 saturated heterocycles. The Morgan fingerprint density at radius 3 is 3.07 bits per heavy atom. The number of nitrogens with zero attached hydrogens (tertiary/aromatic N) is 1. The van der Waals surface area contributed by atoms with Gasteiger partial charge in [0, 0.05) is 6.54 Å². The summed E-state index contributed by atoms with van der Waals surface area (Å²) in [7, 11) is 0. The van der Waals surface area contributed by atoms with Crippen LogP contribution in [-0.2, 0) is 0 Å². The van der Waals surface area contributed by atoms with Crippen LogP contribution in [0.2, 0.25) is 0 Å². The number of halogens is 1. The summed E-state index contributed by atoms with van der Waals surface area (Å²) in [4.78, 5) is 15.5. The first-order chi connectivity index (χ1) is 6.74. The van der Waals surface area contributed by atoms with Crippen molar-refractivity contribution in [2.24, 2.45) is 0 Å². The number of hydrogen-bond donors (Lipinski definition) is 1. The van der Waals surface area contributed by atoms with Crippen molar-refractivity contribution in [1.82, 2.24) is 10.3 Å². The number of rotatable bonds is 4. The van der Waals surface area contributed by atoms with Gasteiger partial charge in [0.25, 0.3) is 5.91 Å². The molecule has 1 rings (SSSR count). The van der Waals surface area contributed by atoms with Gasteiger partial charge in [-0.3, -0.25) is 4.79 Å². The molecule has 1 heterocycles. The minimum atomic E-state index is -0.159. The van der Waals surface area contributed by atoms with E-state index >= 15 is 0 Å². The molecular weight excluding hydrogens is 244 g/mol. The Bertz CT molecular complexity index is 339. The van der Waals surface area contributed by atoms with E-state index in [-0.39, 0.29) is 5.91 Å². The molecule has 1 aromatic heterocycles. The third-order valence-corrected chi connectivity index (χ3v) is 2.02. The lowest BCUT2D eigenvalue weighted by molar-refractivity contribution is 0.0949. The summed E-state index contributed by atoms with van der Waals surface area (Å²) in [5, 5.41) is 2.73. The number of carbonyl (C=O) groups is 1. The van der Waals surface area contributed by atoms with Gasteiger partial charge in [0.05, 0.1) is 0 Å². The first-order valence-corrected chi connectivity index (χ1v) is 5.05. The zero-order chi connectivity index (χ0) is 10.4. The van der Waals surface area contributed by atoms with Gasteiger partial charge < -0.3 is 5.32 Å². The maximum absolute atomic E-state index is 11.4. The van der Waals surface area contributed by atoms with Crippen LogP contribution < -0.4 is 5.32 Å². The van der Waals surface area contributed by atoms with E-state index in [1.54, 1.807) is 24.3 Å². The standard InChI is InChI=1S/C10H11BrN2O/c1-2-3-7-12-10(14)8-5-4-6-9(11)13-8/h2,4-6H,1,3,7H2,(H,12,14). The molecule has 1 aromatic rings. The fraction of sp³-hybridized carbons (Fsp3) is 0.200. The van der Waals surface area contributed by atoms with Crippen molar-refractivity contribution in [3.63, 3.8) is 0 Å². The monoisotopic (exact) mass is 254 g/mol. The molecule has 0 atom stereocenters. The van der Waals surface area contributed by atoms with E-state index in [0.29, 0.717) is 16.8 Å². The van der Waals surface area contributed by atoms with Crippen LogP contribution >= 0.6 is 15.9 Å². The Kier molecular flexibility index (Phi) is 4.32. The molecule has 0 spiro atoms. The van der Waals surface area contributed by atoms with Crippen LogP contribution in [0.3, 0.4) is 0 Å². The highest BCUT2D eigenvalue weighted by atomic mass is 79.9. The highest BCUT2D eigenvalue weighted by Gasteiger charge is 2.05. The summed E-state index contributed by atoms with van der Waals surface area (Å²) in [5.41, 5.74) is 0.420. The number of hydrogen-bond acceptors (Lipinski definition) is 2. The first kappa shape index (κ1) is 10.9. The quantitative estimate of drug-likeness (QED) is 0.509. The molecule has 4 heteroatoms. The Morgan fingerprint density at radius 1 is 1.64 bits per heavy atom. The molecule has 0 unspecified atom stereocenters. The Labute approximate surface area is 91.4 Å². The van der Waals surface area contributed by atoms with Crippen LogP contribution in [0.4, 0.5) is 0 Å². The van der Waals surface area contributed by atoms with Crippen molar-refractivity contribution in [3.8, 4) is 0 Å². The maximum atomic E-state index is 11.4. The van der Waals surface area contributed by atoms with Crippen LogP contribution in [0.1, 0.15) is 16.9 Å². The predicted octanol–water partition coefficient (Wildman–Crippen LogP) is 2.15. The summed E-state index contributed by atoms with van der Waals surface area (Å²) in [5.74, 6) is -0.159. The van der Waals surface area contributed by atoms with Gasteiger partial charge in [0.15, 0.2) is 0 Å². The van der Waals surface area contributed by atoms with Gasteiger partial charge in [-0.1, -0.05) is 12.1 Å². The van der Waals surface area contributed by atoms with E-state index in [0.717, 1.165) is 6.42 Å². The number of aromatic nitrogens is 1. The van der Waals surface area contributed by atoms with Crippen molar-refractivity contribution in [1.29, 1.82) is 0 Å². The summed E-state index contributed by atoms with van der Waals surface area (Å²) in [6.45, 7) is 4.16. The van der Waals surface area contributed by atoms with Gasteiger partial charge in [0.2, 0.25) is 0 Å². The Balaban J connectivity index is 2.56. The summed E-state index contributed by atoms with van der Waals surface area (Å²) < 4.78 is 0.661.